The second-order valence-electron chi connectivity index (χ2n) is 4.06. The van der Waals surface area contributed by atoms with Gasteiger partial charge in [-0.05, 0) is 25.7 Å². The Labute approximate surface area is 108 Å². The van der Waals surface area contributed by atoms with E-state index in [4.69, 9.17) is 5.11 Å². The molecule has 0 aromatic carbocycles. The summed E-state index contributed by atoms with van der Waals surface area (Å²) < 4.78 is 0. The molecule has 0 saturated carbocycles. The predicted octanol–water partition coefficient (Wildman–Crippen LogP) is 2.31. The molecule has 0 bridgehead atoms. The van der Waals surface area contributed by atoms with Crippen LogP contribution in [-0.2, 0) is 4.79 Å². The van der Waals surface area contributed by atoms with E-state index in [2.05, 4.69) is 15.9 Å². The molecule has 1 aliphatic heterocycles. The topological polar surface area (TPSA) is 77.8 Å². The van der Waals surface area contributed by atoms with Gasteiger partial charge in [0.25, 0.3) is 0 Å². The SMILES string of the molecule is O=C(O)N1CCCCC1(CC=CCBr)C(=O)O. The molecule has 0 spiro atoms. The number of nitrogens with zero attached hydrogens (tertiary/aromatic N) is 1. The van der Waals surface area contributed by atoms with E-state index in [1.165, 1.54) is 0 Å². The van der Waals surface area contributed by atoms with Crippen molar-refractivity contribution < 1.29 is 19.8 Å². The smallest absolute Gasteiger partial charge is 0.408 e. The molecule has 0 aromatic heterocycles. The summed E-state index contributed by atoms with van der Waals surface area (Å²) in [5.74, 6) is -1.06. The Kier molecular flexibility index (Phi) is 4.99. The third kappa shape index (κ3) is 3.00. The lowest BCUT2D eigenvalue weighted by atomic mass is 9.84. The van der Waals surface area contributed by atoms with E-state index in [1.54, 1.807) is 12.2 Å². The van der Waals surface area contributed by atoms with E-state index in [-0.39, 0.29) is 6.42 Å². The molecular weight excluding hydrogens is 290 g/mol. The fourth-order valence-corrected chi connectivity index (χ4v) is 2.44. The lowest BCUT2D eigenvalue weighted by molar-refractivity contribution is -0.152. The molecule has 1 fully saturated rings. The first-order valence-electron chi connectivity index (χ1n) is 5.49. The molecule has 17 heavy (non-hydrogen) atoms. The Balaban J connectivity index is 2.96. The zero-order valence-corrected chi connectivity index (χ0v) is 11.0. The van der Waals surface area contributed by atoms with Crippen LogP contribution in [0.15, 0.2) is 12.2 Å². The fraction of sp³-hybridized carbons (Fsp3) is 0.636. The van der Waals surface area contributed by atoms with Gasteiger partial charge in [-0.1, -0.05) is 28.1 Å². The maximum Gasteiger partial charge on any atom is 0.408 e. The number of carboxylic acid groups (broad SMARTS) is 2. The van der Waals surface area contributed by atoms with Gasteiger partial charge in [0.1, 0.15) is 5.54 Å². The number of hydrogen-bond acceptors (Lipinski definition) is 2. The first kappa shape index (κ1) is 14.0. The summed E-state index contributed by atoms with van der Waals surface area (Å²) in [7, 11) is 0. The van der Waals surface area contributed by atoms with E-state index in [1.807, 2.05) is 0 Å². The molecule has 2 N–H and O–H groups in total. The molecule has 1 saturated heterocycles. The quantitative estimate of drug-likeness (QED) is 0.617. The average molecular weight is 306 g/mol. The van der Waals surface area contributed by atoms with Gasteiger partial charge in [0.2, 0.25) is 0 Å². The molecule has 0 radical (unpaired) electrons. The van der Waals surface area contributed by atoms with E-state index >= 15 is 0 Å². The van der Waals surface area contributed by atoms with Crippen molar-refractivity contribution in [3.8, 4) is 0 Å². The third-order valence-corrected chi connectivity index (χ3v) is 3.45. The fourth-order valence-electron chi connectivity index (χ4n) is 2.18. The number of halogens is 1. The van der Waals surface area contributed by atoms with Gasteiger partial charge in [-0.3, -0.25) is 4.90 Å². The van der Waals surface area contributed by atoms with E-state index in [0.717, 1.165) is 17.7 Å². The summed E-state index contributed by atoms with van der Waals surface area (Å²) in [5, 5.41) is 19.1. The zero-order chi connectivity index (χ0) is 12.9. The highest BCUT2D eigenvalue weighted by Gasteiger charge is 2.47. The number of amides is 1. The number of rotatable bonds is 4. The Morgan fingerprint density at radius 1 is 1.29 bits per heavy atom. The molecule has 1 rings (SSSR count). The van der Waals surface area contributed by atoms with E-state index in [9.17, 15) is 14.7 Å². The number of carbonyl (C=O) groups is 2. The van der Waals surface area contributed by atoms with Gasteiger partial charge in [-0.15, -0.1) is 0 Å². The number of alkyl halides is 1. The Bertz CT molecular complexity index is 331. The number of allylic oxidation sites excluding steroid dienone is 1. The van der Waals surface area contributed by atoms with Crippen LogP contribution >= 0.6 is 15.9 Å². The van der Waals surface area contributed by atoms with Crippen LogP contribution in [0.1, 0.15) is 25.7 Å². The maximum absolute atomic E-state index is 11.4. The van der Waals surface area contributed by atoms with Crippen molar-refractivity contribution in [2.45, 2.75) is 31.2 Å². The zero-order valence-electron chi connectivity index (χ0n) is 9.43. The van der Waals surface area contributed by atoms with E-state index < -0.39 is 17.6 Å². The molecule has 6 heteroatoms. The molecule has 1 atom stereocenters. The second kappa shape index (κ2) is 6.05. The summed E-state index contributed by atoms with van der Waals surface area (Å²) in [6.45, 7) is 0.295. The van der Waals surface area contributed by atoms with Gasteiger partial charge in [0.15, 0.2) is 0 Å². The van der Waals surface area contributed by atoms with Crippen molar-refractivity contribution >= 4 is 28.0 Å². The molecule has 5 nitrogen and oxygen atoms in total. The molecule has 0 aromatic rings. The van der Waals surface area contributed by atoms with Crippen LogP contribution in [0.25, 0.3) is 0 Å². The minimum Gasteiger partial charge on any atom is -0.479 e. The Morgan fingerprint density at radius 2 is 2.00 bits per heavy atom. The van der Waals surface area contributed by atoms with Gasteiger partial charge in [-0.2, -0.15) is 0 Å². The standard InChI is InChI=1S/C11H16BrNO4/c12-7-3-1-5-11(9(14)15)6-2-4-8-13(11)10(16)17/h1,3H,2,4-8H2,(H,14,15)(H,16,17). The third-order valence-electron chi connectivity index (χ3n) is 3.08. The lowest BCUT2D eigenvalue weighted by Crippen LogP contribution is -2.58. The van der Waals surface area contributed by atoms with Crippen LogP contribution in [0.4, 0.5) is 4.79 Å². The van der Waals surface area contributed by atoms with Crippen LogP contribution in [0.5, 0.6) is 0 Å². The summed E-state index contributed by atoms with van der Waals surface area (Å²) in [6, 6.07) is 0. The number of hydrogen-bond donors (Lipinski definition) is 2. The molecule has 1 aliphatic rings. The number of likely N-dealkylation sites (tertiary alicyclic amines) is 1. The normalized spacial score (nSPS) is 25.1. The van der Waals surface area contributed by atoms with Crippen molar-refractivity contribution in [3.63, 3.8) is 0 Å². The molecule has 1 amide bonds. The van der Waals surface area contributed by atoms with Crippen molar-refractivity contribution in [2.75, 3.05) is 11.9 Å². The van der Waals surface area contributed by atoms with Crippen molar-refractivity contribution in [3.05, 3.63) is 12.2 Å². The number of piperidine rings is 1. The minimum atomic E-state index is -1.29. The van der Waals surface area contributed by atoms with Crippen LogP contribution < -0.4 is 0 Å². The van der Waals surface area contributed by atoms with Crippen molar-refractivity contribution in [1.29, 1.82) is 0 Å². The summed E-state index contributed by atoms with van der Waals surface area (Å²) in [5.41, 5.74) is -1.29. The van der Waals surface area contributed by atoms with Gasteiger partial charge in [-0.25, -0.2) is 9.59 Å². The van der Waals surface area contributed by atoms with Gasteiger partial charge in [0, 0.05) is 11.9 Å². The summed E-state index contributed by atoms with van der Waals surface area (Å²) in [6.07, 6.45) is 4.44. The maximum atomic E-state index is 11.4. The van der Waals surface area contributed by atoms with Gasteiger partial charge < -0.3 is 10.2 Å². The van der Waals surface area contributed by atoms with Gasteiger partial charge >= 0.3 is 12.1 Å². The highest BCUT2D eigenvalue weighted by molar-refractivity contribution is 9.09. The Morgan fingerprint density at radius 3 is 2.53 bits per heavy atom. The minimum absolute atomic E-state index is 0.222. The highest BCUT2D eigenvalue weighted by atomic mass is 79.9. The van der Waals surface area contributed by atoms with E-state index in [0.29, 0.717) is 18.3 Å². The first-order chi connectivity index (χ1) is 8.04. The molecule has 1 heterocycles. The molecule has 0 aliphatic carbocycles. The van der Waals surface area contributed by atoms with Crippen LogP contribution in [0.2, 0.25) is 0 Å². The van der Waals surface area contributed by atoms with Gasteiger partial charge in [0.05, 0.1) is 0 Å². The summed E-state index contributed by atoms with van der Waals surface area (Å²) in [4.78, 5) is 23.6. The molecular formula is C11H16BrNO4. The lowest BCUT2D eigenvalue weighted by Gasteiger charge is -2.41. The second-order valence-corrected chi connectivity index (χ2v) is 4.71. The molecule has 96 valence electrons. The highest BCUT2D eigenvalue weighted by Crippen LogP contribution is 2.32. The predicted molar refractivity (Wildman–Crippen MR) is 66.5 cm³/mol. The van der Waals surface area contributed by atoms with Crippen molar-refractivity contribution in [2.24, 2.45) is 0 Å². The van der Waals surface area contributed by atoms with Crippen LogP contribution in [-0.4, -0.2) is 44.6 Å². The number of aliphatic carboxylic acids is 1. The van der Waals surface area contributed by atoms with Crippen LogP contribution in [0, 0.1) is 0 Å². The molecule has 1 unspecified atom stereocenters. The Hall–Kier alpha value is -1.04. The number of carboxylic acids is 1. The monoisotopic (exact) mass is 305 g/mol. The van der Waals surface area contributed by atoms with Crippen molar-refractivity contribution in [1.82, 2.24) is 4.90 Å². The average Bonchev–Trinajstić information content (AvgIpc) is 2.29. The largest absolute Gasteiger partial charge is 0.479 e. The first-order valence-corrected chi connectivity index (χ1v) is 6.61. The summed E-state index contributed by atoms with van der Waals surface area (Å²) >= 11 is 3.21. The van der Waals surface area contributed by atoms with Crippen LogP contribution in [0.3, 0.4) is 0 Å².